The molecule has 0 saturated carbocycles. The van der Waals surface area contributed by atoms with E-state index in [9.17, 15) is 22.0 Å². The van der Waals surface area contributed by atoms with Crippen LogP contribution in [0.15, 0.2) is 48.5 Å². The van der Waals surface area contributed by atoms with E-state index in [2.05, 4.69) is 0 Å². The third kappa shape index (κ3) is 3.88. The Morgan fingerprint density at radius 3 is 2.04 bits per heavy atom. The molecule has 0 unspecified atom stereocenters. The van der Waals surface area contributed by atoms with Crippen molar-refractivity contribution in [3.8, 4) is 0 Å². The number of carbonyl (C=O) groups is 1. The number of hydrogen-bond acceptors (Lipinski definition) is 3. The Morgan fingerprint density at radius 1 is 1.00 bits per heavy atom. The van der Waals surface area contributed by atoms with E-state index in [1.165, 1.54) is 11.9 Å². The zero-order valence-electron chi connectivity index (χ0n) is 13.1. The van der Waals surface area contributed by atoms with Crippen LogP contribution in [0.2, 0.25) is 0 Å². The van der Waals surface area contributed by atoms with Crippen molar-refractivity contribution in [3.63, 3.8) is 0 Å². The largest absolute Gasteiger partial charge is 0.314 e. The number of sulfonamides is 1. The summed E-state index contributed by atoms with van der Waals surface area (Å²) < 4.78 is 52.2. The van der Waals surface area contributed by atoms with E-state index in [0.717, 1.165) is 24.5 Å². The lowest BCUT2D eigenvalue weighted by molar-refractivity contribution is -0.116. The van der Waals surface area contributed by atoms with Gasteiger partial charge in [0.2, 0.25) is 15.9 Å². The van der Waals surface area contributed by atoms with Gasteiger partial charge >= 0.3 is 0 Å². The lowest BCUT2D eigenvalue weighted by Gasteiger charge is -2.25. The van der Waals surface area contributed by atoms with Crippen LogP contribution >= 0.6 is 0 Å². The van der Waals surface area contributed by atoms with Crippen molar-refractivity contribution in [2.75, 3.05) is 29.1 Å². The minimum absolute atomic E-state index is 0.430. The van der Waals surface area contributed by atoms with Crippen LogP contribution in [0.5, 0.6) is 0 Å². The molecule has 0 N–H and O–H groups in total. The monoisotopic (exact) mass is 354 g/mol. The lowest BCUT2D eigenvalue weighted by Crippen LogP contribution is -2.42. The lowest BCUT2D eigenvalue weighted by atomic mass is 10.2. The maximum Gasteiger partial charge on any atom is 0.247 e. The number of benzene rings is 2. The molecule has 24 heavy (non-hydrogen) atoms. The number of hydrogen-bond donors (Lipinski definition) is 0. The first kappa shape index (κ1) is 17.9. The number of nitrogens with zero attached hydrogens (tertiary/aromatic N) is 2. The fourth-order valence-corrected chi connectivity index (χ4v) is 2.96. The molecule has 128 valence electrons. The molecule has 0 heterocycles. The van der Waals surface area contributed by atoms with Crippen LogP contribution in [0.3, 0.4) is 0 Å². The van der Waals surface area contributed by atoms with E-state index in [0.29, 0.717) is 9.99 Å². The molecule has 0 aliphatic rings. The summed E-state index contributed by atoms with van der Waals surface area (Å²) in [6, 6.07) is 11.5. The van der Waals surface area contributed by atoms with Crippen molar-refractivity contribution in [1.29, 1.82) is 0 Å². The van der Waals surface area contributed by atoms with Crippen LogP contribution in [0.1, 0.15) is 0 Å². The summed E-state index contributed by atoms with van der Waals surface area (Å²) in [5.41, 5.74) is -0.236. The molecule has 0 spiro atoms. The Labute approximate surface area is 139 Å². The second-order valence-electron chi connectivity index (χ2n) is 5.13. The molecule has 0 radical (unpaired) electrons. The first-order valence-corrected chi connectivity index (χ1v) is 8.80. The van der Waals surface area contributed by atoms with Crippen LogP contribution < -0.4 is 9.21 Å². The SMILES string of the molecule is CN(C(=O)CN(c1c(F)cccc1F)S(C)(=O)=O)c1ccccc1. The van der Waals surface area contributed by atoms with Gasteiger partial charge < -0.3 is 4.90 Å². The smallest absolute Gasteiger partial charge is 0.247 e. The van der Waals surface area contributed by atoms with Crippen LogP contribution in [-0.2, 0) is 14.8 Å². The molecule has 1 amide bonds. The second-order valence-corrected chi connectivity index (χ2v) is 7.04. The Kier molecular flexibility index (Phi) is 5.18. The maximum absolute atomic E-state index is 13.9. The zero-order valence-corrected chi connectivity index (χ0v) is 13.9. The van der Waals surface area contributed by atoms with Crippen molar-refractivity contribution in [2.24, 2.45) is 0 Å². The minimum Gasteiger partial charge on any atom is -0.314 e. The van der Waals surface area contributed by atoms with E-state index < -0.39 is 39.8 Å². The highest BCUT2D eigenvalue weighted by molar-refractivity contribution is 7.92. The summed E-state index contributed by atoms with van der Waals surface area (Å²) in [5.74, 6) is -2.75. The number of halogens is 2. The van der Waals surface area contributed by atoms with E-state index in [1.54, 1.807) is 30.3 Å². The van der Waals surface area contributed by atoms with E-state index in [1.807, 2.05) is 0 Å². The normalized spacial score (nSPS) is 11.2. The van der Waals surface area contributed by atoms with Crippen molar-refractivity contribution in [1.82, 2.24) is 0 Å². The summed E-state index contributed by atoms with van der Waals surface area (Å²) in [5, 5.41) is 0. The van der Waals surface area contributed by atoms with E-state index in [-0.39, 0.29) is 0 Å². The van der Waals surface area contributed by atoms with Crippen molar-refractivity contribution < 1.29 is 22.0 Å². The van der Waals surface area contributed by atoms with E-state index >= 15 is 0 Å². The van der Waals surface area contributed by atoms with Gasteiger partial charge in [-0.2, -0.15) is 0 Å². The van der Waals surface area contributed by atoms with Gasteiger partial charge in [0.25, 0.3) is 0 Å². The highest BCUT2D eigenvalue weighted by Crippen LogP contribution is 2.25. The van der Waals surface area contributed by atoms with Crippen molar-refractivity contribution in [2.45, 2.75) is 0 Å². The molecular weight excluding hydrogens is 338 g/mol. The molecule has 0 aromatic heterocycles. The minimum atomic E-state index is -4.07. The van der Waals surface area contributed by atoms with Crippen molar-refractivity contribution in [3.05, 3.63) is 60.2 Å². The summed E-state index contributed by atoms with van der Waals surface area (Å²) in [6.07, 6.45) is 0.786. The van der Waals surface area contributed by atoms with Gasteiger partial charge in [-0.3, -0.25) is 9.10 Å². The fourth-order valence-electron chi connectivity index (χ4n) is 2.11. The predicted molar refractivity (Wildman–Crippen MR) is 88.4 cm³/mol. The average molecular weight is 354 g/mol. The summed E-state index contributed by atoms with van der Waals surface area (Å²) >= 11 is 0. The predicted octanol–water partition coefficient (Wildman–Crippen LogP) is 2.39. The zero-order chi connectivity index (χ0) is 17.9. The number of likely N-dealkylation sites (N-methyl/N-ethyl adjacent to an activating group) is 1. The van der Waals surface area contributed by atoms with Gasteiger partial charge in [0.1, 0.15) is 12.2 Å². The average Bonchev–Trinajstić information content (AvgIpc) is 2.52. The summed E-state index contributed by atoms with van der Waals surface area (Å²) in [4.78, 5) is 13.6. The van der Waals surface area contributed by atoms with Crippen LogP contribution in [0, 0.1) is 11.6 Å². The van der Waals surface area contributed by atoms with Crippen LogP contribution in [-0.4, -0.2) is 34.2 Å². The maximum atomic E-state index is 13.9. The molecular formula is C16H16F2N2O3S. The molecule has 0 bridgehead atoms. The number of para-hydroxylation sites is 2. The third-order valence-corrected chi connectivity index (χ3v) is 4.50. The van der Waals surface area contributed by atoms with E-state index in [4.69, 9.17) is 0 Å². The summed E-state index contributed by atoms with van der Waals surface area (Å²) in [6.45, 7) is -0.720. The molecule has 0 fully saturated rings. The third-order valence-electron chi connectivity index (χ3n) is 3.38. The van der Waals surface area contributed by atoms with Crippen molar-refractivity contribution >= 4 is 27.3 Å². The Hall–Kier alpha value is -2.48. The standard InChI is InChI=1S/C16H16F2N2O3S/c1-19(12-7-4-3-5-8-12)15(21)11-20(24(2,22)23)16-13(17)9-6-10-14(16)18/h3-10H,11H2,1-2H3. The Bertz CT molecular complexity index is 821. The molecule has 2 aromatic rings. The molecule has 2 aromatic carbocycles. The fraction of sp³-hybridized carbons (Fsp3) is 0.188. The Balaban J connectivity index is 2.36. The van der Waals surface area contributed by atoms with Crippen LogP contribution in [0.4, 0.5) is 20.2 Å². The molecule has 0 aliphatic heterocycles. The Morgan fingerprint density at radius 2 is 1.54 bits per heavy atom. The quantitative estimate of drug-likeness (QED) is 0.828. The second kappa shape index (κ2) is 6.96. The number of rotatable bonds is 5. The number of anilines is 2. The molecule has 0 saturated heterocycles. The van der Waals surface area contributed by atoms with Gasteiger partial charge in [0.05, 0.1) is 6.26 Å². The first-order chi connectivity index (χ1) is 11.2. The molecule has 0 atom stereocenters. The molecule has 5 nitrogen and oxygen atoms in total. The molecule has 8 heteroatoms. The van der Waals surface area contributed by atoms with Gasteiger partial charge in [-0.15, -0.1) is 0 Å². The van der Waals surface area contributed by atoms with Crippen LogP contribution in [0.25, 0.3) is 0 Å². The first-order valence-electron chi connectivity index (χ1n) is 6.95. The highest BCUT2D eigenvalue weighted by atomic mass is 32.2. The van der Waals surface area contributed by atoms with Gasteiger partial charge in [-0.1, -0.05) is 24.3 Å². The topological polar surface area (TPSA) is 57.7 Å². The van der Waals surface area contributed by atoms with Gasteiger partial charge in [0, 0.05) is 12.7 Å². The molecule has 2 rings (SSSR count). The number of carbonyl (C=O) groups excluding carboxylic acids is 1. The number of amides is 1. The summed E-state index contributed by atoms with van der Waals surface area (Å²) in [7, 11) is -2.61. The van der Waals surface area contributed by atoms with Gasteiger partial charge in [-0.05, 0) is 24.3 Å². The molecule has 0 aliphatic carbocycles. The highest BCUT2D eigenvalue weighted by Gasteiger charge is 2.28. The van der Waals surface area contributed by atoms with Gasteiger partial charge in [-0.25, -0.2) is 17.2 Å². The van der Waals surface area contributed by atoms with Gasteiger partial charge in [0.15, 0.2) is 11.6 Å².